The van der Waals surface area contributed by atoms with Crippen molar-refractivity contribution in [1.82, 2.24) is 15.5 Å². The molecular weight excluding hydrogens is 466 g/mol. The van der Waals surface area contributed by atoms with E-state index in [0.29, 0.717) is 5.56 Å². The summed E-state index contributed by atoms with van der Waals surface area (Å²) in [4.78, 5) is 40.6. The van der Waals surface area contributed by atoms with Crippen molar-refractivity contribution >= 4 is 35.8 Å². The molecule has 1 aliphatic heterocycles. The first kappa shape index (κ1) is 27.2. The third-order valence-electron chi connectivity index (χ3n) is 5.80. The molecule has 0 fully saturated rings. The van der Waals surface area contributed by atoms with Crippen LogP contribution in [0.3, 0.4) is 0 Å². The normalized spacial score (nSPS) is 16.3. The molecule has 3 rings (SSSR count). The lowest BCUT2D eigenvalue weighted by molar-refractivity contribution is -0.143. The van der Waals surface area contributed by atoms with Crippen LogP contribution in [-0.2, 0) is 20.9 Å². The Balaban J connectivity index is 0.00000408. The lowest BCUT2D eigenvalue weighted by atomic mass is 10.0. The van der Waals surface area contributed by atoms with Crippen molar-refractivity contribution in [3.63, 3.8) is 0 Å². The van der Waals surface area contributed by atoms with Gasteiger partial charge in [-0.2, -0.15) is 0 Å². The minimum atomic E-state index is -1.10. The summed E-state index contributed by atoms with van der Waals surface area (Å²) < 4.78 is 28.3. The first-order valence-corrected chi connectivity index (χ1v) is 10.8. The van der Waals surface area contributed by atoms with Crippen LogP contribution in [0.5, 0.6) is 0 Å². The third-order valence-corrected chi connectivity index (χ3v) is 5.80. The molecule has 0 aliphatic carbocycles. The number of nitrogens with one attached hydrogen (secondary N) is 3. The fourth-order valence-electron chi connectivity index (χ4n) is 3.79. The van der Waals surface area contributed by atoms with E-state index in [1.807, 2.05) is 0 Å². The molecule has 2 aromatic rings. The highest BCUT2D eigenvalue weighted by molar-refractivity contribution is 6.00. The van der Waals surface area contributed by atoms with E-state index in [1.54, 1.807) is 52.1 Å². The summed E-state index contributed by atoms with van der Waals surface area (Å²) in [7, 11) is 1.63. The molecule has 2 aromatic carbocycles. The van der Waals surface area contributed by atoms with Gasteiger partial charge in [0, 0.05) is 6.54 Å². The van der Waals surface area contributed by atoms with Crippen molar-refractivity contribution in [1.29, 1.82) is 0 Å². The molecule has 0 saturated carbocycles. The quantitative estimate of drug-likeness (QED) is 0.551. The second kappa shape index (κ2) is 11.4. The van der Waals surface area contributed by atoms with Gasteiger partial charge in [-0.05, 0) is 43.1 Å². The first-order chi connectivity index (χ1) is 15.6. The van der Waals surface area contributed by atoms with E-state index in [2.05, 4.69) is 16.0 Å². The number of rotatable bonds is 7. The number of hydrogen-bond donors (Lipinski definition) is 3. The fourth-order valence-corrected chi connectivity index (χ4v) is 3.79. The second-order valence-corrected chi connectivity index (χ2v) is 8.39. The number of nitrogens with zero attached hydrogens (tertiary/aromatic N) is 1. The van der Waals surface area contributed by atoms with Crippen LogP contribution in [0.1, 0.15) is 37.9 Å². The summed E-state index contributed by atoms with van der Waals surface area (Å²) in [6, 6.07) is 7.78. The molecule has 0 unspecified atom stereocenters. The minimum absolute atomic E-state index is 0. The predicted octanol–water partition coefficient (Wildman–Crippen LogP) is 3.16. The van der Waals surface area contributed by atoms with Crippen molar-refractivity contribution in [3.05, 3.63) is 65.2 Å². The second-order valence-electron chi connectivity index (χ2n) is 8.39. The molecule has 3 amide bonds. The van der Waals surface area contributed by atoms with Gasteiger partial charge in [0.15, 0.2) is 0 Å². The predicted molar refractivity (Wildman–Crippen MR) is 127 cm³/mol. The number of para-hydroxylation sites is 1. The molecule has 0 aromatic heterocycles. The van der Waals surface area contributed by atoms with Crippen LogP contribution < -0.4 is 16.0 Å². The van der Waals surface area contributed by atoms with E-state index in [1.165, 1.54) is 11.0 Å². The number of halogens is 3. The Bertz CT molecular complexity index is 1050. The summed E-state index contributed by atoms with van der Waals surface area (Å²) in [6.07, 6.45) is 0. The number of anilines is 1. The number of amides is 3. The highest BCUT2D eigenvalue weighted by atomic mass is 35.5. The number of carbonyl (C=O) groups is 3. The fraction of sp³-hybridized carbons (Fsp3) is 0.375. The third kappa shape index (κ3) is 5.53. The molecule has 1 heterocycles. The Morgan fingerprint density at radius 1 is 1.00 bits per heavy atom. The maximum atomic E-state index is 14.1. The van der Waals surface area contributed by atoms with E-state index in [9.17, 15) is 23.2 Å². The molecule has 0 saturated heterocycles. The van der Waals surface area contributed by atoms with Gasteiger partial charge < -0.3 is 20.9 Å². The van der Waals surface area contributed by atoms with Gasteiger partial charge in [0.1, 0.15) is 29.4 Å². The summed E-state index contributed by atoms with van der Waals surface area (Å²) in [5.41, 5.74) is 0.741. The van der Waals surface area contributed by atoms with Crippen molar-refractivity contribution < 1.29 is 23.2 Å². The van der Waals surface area contributed by atoms with E-state index < -0.39 is 47.3 Å². The Morgan fingerprint density at radius 3 is 2.21 bits per heavy atom. The van der Waals surface area contributed by atoms with Crippen LogP contribution in [0, 0.1) is 17.6 Å². The molecule has 10 heteroatoms. The van der Waals surface area contributed by atoms with Crippen molar-refractivity contribution in [3.8, 4) is 0 Å². The van der Waals surface area contributed by atoms with Gasteiger partial charge in [-0.3, -0.25) is 14.4 Å². The van der Waals surface area contributed by atoms with Crippen LogP contribution in [0.4, 0.5) is 14.5 Å². The maximum Gasteiger partial charge on any atom is 0.252 e. The lowest BCUT2D eigenvalue weighted by Gasteiger charge is -2.31. The van der Waals surface area contributed by atoms with Gasteiger partial charge in [0.05, 0.1) is 6.04 Å². The smallest absolute Gasteiger partial charge is 0.252 e. The summed E-state index contributed by atoms with van der Waals surface area (Å²) in [6.45, 7) is 5.38. The van der Waals surface area contributed by atoms with E-state index >= 15 is 0 Å². The molecule has 184 valence electrons. The van der Waals surface area contributed by atoms with Gasteiger partial charge in [0.2, 0.25) is 11.8 Å². The van der Waals surface area contributed by atoms with Gasteiger partial charge in [-0.15, -0.1) is 12.4 Å². The lowest BCUT2D eigenvalue weighted by Crippen LogP contribution is -2.55. The molecule has 3 N–H and O–H groups in total. The summed E-state index contributed by atoms with van der Waals surface area (Å²) >= 11 is 0. The molecule has 3 atom stereocenters. The highest BCUT2D eigenvalue weighted by Gasteiger charge is 2.42. The standard InChI is InChI=1S/C24H28F2N4O3.ClH/c1-13(2)19(28-22(31)14(3)27-4)24(33)30-12-15-8-5-6-9-16(15)21(30)23(32)29-20-17(25)10-7-11-18(20)26;/h5-11,13-14,19,21,27H,12H2,1-4H3,(H,28,31)(H,29,32);1H/t14-,19-,21-;/m0./s1. The number of fused-ring (bicyclic) bond motifs is 1. The molecule has 34 heavy (non-hydrogen) atoms. The highest BCUT2D eigenvalue weighted by Crippen LogP contribution is 2.36. The van der Waals surface area contributed by atoms with Crippen molar-refractivity contribution in [2.45, 2.75) is 45.4 Å². The van der Waals surface area contributed by atoms with Crippen LogP contribution >= 0.6 is 12.4 Å². The molecular formula is C24H29ClF2N4O3. The Hall–Kier alpha value is -3.04. The zero-order valence-electron chi connectivity index (χ0n) is 19.4. The van der Waals surface area contributed by atoms with Crippen LogP contribution in [-0.4, -0.2) is 41.8 Å². The average molecular weight is 495 g/mol. The molecule has 0 spiro atoms. The number of likely N-dealkylation sites (N-methyl/N-ethyl adjacent to an activating group) is 1. The van der Waals surface area contributed by atoms with Crippen LogP contribution in [0.25, 0.3) is 0 Å². The number of hydrogen-bond acceptors (Lipinski definition) is 4. The number of benzene rings is 2. The Morgan fingerprint density at radius 2 is 1.62 bits per heavy atom. The van der Waals surface area contributed by atoms with Gasteiger partial charge >= 0.3 is 0 Å². The summed E-state index contributed by atoms with van der Waals surface area (Å²) in [5, 5.41) is 7.88. The molecule has 7 nitrogen and oxygen atoms in total. The molecule has 0 radical (unpaired) electrons. The van der Waals surface area contributed by atoms with Gasteiger partial charge in [-0.1, -0.05) is 44.2 Å². The zero-order chi connectivity index (χ0) is 24.3. The van der Waals surface area contributed by atoms with E-state index in [-0.39, 0.29) is 30.8 Å². The maximum absolute atomic E-state index is 14.1. The topological polar surface area (TPSA) is 90.5 Å². The Kier molecular flexibility index (Phi) is 9.12. The average Bonchev–Trinajstić information content (AvgIpc) is 3.18. The molecule has 1 aliphatic rings. The van der Waals surface area contributed by atoms with E-state index in [4.69, 9.17) is 0 Å². The Labute approximate surface area is 203 Å². The van der Waals surface area contributed by atoms with Crippen molar-refractivity contribution in [2.75, 3.05) is 12.4 Å². The summed E-state index contributed by atoms with van der Waals surface area (Å²) in [5.74, 6) is -3.64. The van der Waals surface area contributed by atoms with Gasteiger partial charge in [-0.25, -0.2) is 8.78 Å². The van der Waals surface area contributed by atoms with Crippen LogP contribution in [0.2, 0.25) is 0 Å². The SMILES string of the molecule is CN[C@@H](C)C(=O)N[C@H](C(=O)N1Cc2ccccc2[C@H]1C(=O)Nc1c(F)cccc1F)C(C)C.Cl. The minimum Gasteiger partial charge on any atom is -0.343 e. The zero-order valence-corrected chi connectivity index (χ0v) is 20.2. The van der Waals surface area contributed by atoms with E-state index in [0.717, 1.165) is 17.7 Å². The number of carbonyl (C=O) groups excluding carboxylic acids is 3. The largest absolute Gasteiger partial charge is 0.343 e. The van der Waals surface area contributed by atoms with Crippen molar-refractivity contribution in [2.24, 2.45) is 5.92 Å². The first-order valence-electron chi connectivity index (χ1n) is 10.8. The molecule has 0 bridgehead atoms. The monoisotopic (exact) mass is 494 g/mol. The van der Waals surface area contributed by atoms with Gasteiger partial charge in [0.25, 0.3) is 5.91 Å². The van der Waals surface area contributed by atoms with Crippen LogP contribution in [0.15, 0.2) is 42.5 Å².